The number of phenols is 1. The van der Waals surface area contributed by atoms with E-state index in [9.17, 15) is 5.11 Å². The number of nitrogens with zero attached hydrogens (tertiary/aromatic N) is 1. The highest BCUT2D eigenvalue weighted by molar-refractivity contribution is 9.09. The van der Waals surface area contributed by atoms with Crippen molar-refractivity contribution in [1.29, 1.82) is 0 Å². The third kappa shape index (κ3) is 4.26. The molecule has 4 heteroatoms. The molecule has 0 aromatic heterocycles. The van der Waals surface area contributed by atoms with Crippen molar-refractivity contribution in [2.75, 3.05) is 25.0 Å². The zero-order chi connectivity index (χ0) is 12.8. The number of hydrogen-bond acceptors (Lipinski definition) is 3. The van der Waals surface area contributed by atoms with E-state index in [1.807, 2.05) is 12.1 Å². The Hall–Kier alpha value is -0.580. The fraction of sp³-hybridized carbons (Fsp3) is 0.571. The lowest BCUT2D eigenvalue weighted by Gasteiger charge is -2.31. The van der Waals surface area contributed by atoms with E-state index in [0.29, 0.717) is 11.9 Å². The maximum atomic E-state index is 9.44. The summed E-state index contributed by atoms with van der Waals surface area (Å²) >= 11 is 3.38. The number of ether oxygens (including phenoxy) is 1. The smallest absolute Gasteiger partial charge is 0.115 e. The van der Waals surface area contributed by atoms with Crippen molar-refractivity contribution in [2.24, 2.45) is 0 Å². The molecule has 1 aromatic carbocycles. The Morgan fingerprint density at radius 3 is 2.78 bits per heavy atom. The van der Waals surface area contributed by atoms with E-state index in [-0.39, 0.29) is 0 Å². The zero-order valence-electron chi connectivity index (χ0n) is 10.5. The fourth-order valence-corrected chi connectivity index (χ4v) is 2.55. The second-order valence-electron chi connectivity index (χ2n) is 4.71. The van der Waals surface area contributed by atoms with E-state index in [4.69, 9.17) is 4.74 Å². The predicted molar refractivity (Wildman–Crippen MR) is 76.2 cm³/mol. The number of piperidine rings is 1. The maximum absolute atomic E-state index is 9.44. The van der Waals surface area contributed by atoms with E-state index >= 15 is 0 Å². The summed E-state index contributed by atoms with van der Waals surface area (Å²) in [5, 5.41) is 10.4. The first-order chi connectivity index (χ1) is 8.78. The molecule has 3 nitrogen and oxygen atoms in total. The van der Waals surface area contributed by atoms with Gasteiger partial charge in [-0.25, -0.2) is 0 Å². The first kappa shape index (κ1) is 13.8. The van der Waals surface area contributed by atoms with Gasteiger partial charge in [0.15, 0.2) is 0 Å². The van der Waals surface area contributed by atoms with Crippen LogP contribution in [0.5, 0.6) is 5.75 Å². The monoisotopic (exact) mass is 313 g/mol. The first-order valence-corrected chi connectivity index (χ1v) is 7.58. The van der Waals surface area contributed by atoms with Crippen molar-refractivity contribution in [3.8, 4) is 5.75 Å². The third-order valence-electron chi connectivity index (χ3n) is 3.28. The minimum atomic E-state index is 0.350. The van der Waals surface area contributed by atoms with Crippen LogP contribution in [-0.2, 0) is 11.3 Å². The van der Waals surface area contributed by atoms with Crippen LogP contribution in [-0.4, -0.2) is 41.1 Å². The Morgan fingerprint density at radius 1 is 1.33 bits per heavy atom. The molecule has 18 heavy (non-hydrogen) atoms. The molecule has 0 amide bonds. The van der Waals surface area contributed by atoms with Gasteiger partial charge in [-0.1, -0.05) is 28.1 Å². The van der Waals surface area contributed by atoms with Gasteiger partial charge in [0.05, 0.1) is 12.7 Å². The summed E-state index contributed by atoms with van der Waals surface area (Å²) in [6, 6.07) is 7.51. The molecule has 1 aliphatic heterocycles. The van der Waals surface area contributed by atoms with Crippen LogP contribution in [0, 0.1) is 0 Å². The number of halogens is 1. The highest BCUT2D eigenvalue weighted by Gasteiger charge is 2.19. The summed E-state index contributed by atoms with van der Waals surface area (Å²) in [7, 11) is 0. The Kier molecular flexibility index (Phi) is 5.47. The van der Waals surface area contributed by atoms with Crippen molar-refractivity contribution in [3.63, 3.8) is 0 Å². The lowest BCUT2D eigenvalue weighted by molar-refractivity contribution is 0.0141. The first-order valence-electron chi connectivity index (χ1n) is 6.46. The van der Waals surface area contributed by atoms with Gasteiger partial charge in [-0.15, -0.1) is 0 Å². The summed E-state index contributed by atoms with van der Waals surface area (Å²) in [5.74, 6) is 0.350. The molecule has 0 aliphatic carbocycles. The quantitative estimate of drug-likeness (QED) is 0.848. The van der Waals surface area contributed by atoms with Gasteiger partial charge in [0.25, 0.3) is 0 Å². The zero-order valence-corrected chi connectivity index (χ0v) is 12.1. The average molecular weight is 314 g/mol. The average Bonchev–Trinajstić information content (AvgIpc) is 2.38. The van der Waals surface area contributed by atoms with Gasteiger partial charge in [0.1, 0.15) is 5.75 Å². The van der Waals surface area contributed by atoms with Crippen molar-refractivity contribution < 1.29 is 9.84 Å². The molecule has 0 spiro atoms. The molecule has 0 radical (unpaired) electrons. The fourth-order valence-electron chi connectivity index (χ4n) is 2.36. The van der Waals surface area contributed by atoms with Gasteiger partial charge in [-0.3, -0.25) is 4.90 Å². The van der Waals surface area contributed by atoms with Crippen molar-refractivity contribution in [2.45, 2.75) is 25.5 Å². The number of benzene rings is 1. The predicted octanol–water partition coefficient (Wildman–Crippen LogP) is 2.77. The SMILES string of the molecule is Oc1cccc(CN2CCC(OCCBr)CC2)c1. The second kappa shape index (κ2) is 7.12. The molecular formula is C14H20BrNO2. The Morgan fingerprint density at radius 2 is 2.11 bits per heavy atom. The van der Waals surface area contributed by atoms with Crippen molar-refractivity contribution in [1.82, 2.24) is 4.90 Å². The molecule has 0 atom stereocenters. The summed E-state index contributed by atoms with van der Waals surface area (Å²) in [6.07, 6.45) is 2.63. The molecule has 100 valence electrons. The molecule has 1 aliphatic rings. The molecule has 1 aromatic rings. The molecule has 1 heterocycles. The van der Waals surface area contributed by atoms with Crippen LogP contribution in [0.4, 0.5) is 0 Å². The van der Waals surface area contributed by atoms with Gasteiger partial charge < -0.3 is 9.84 Å². The van der Waals surface area contributed by atoms with Crippen LogP contribution in [0.1, 0.15) is 18.4 Å². The van der Waals surface area contributed by atoms with E-state index in [0.717, 1.165) is 44.4 Å². The summed E-state index contributed by atoms with van der Waals surface area (Å²) < 4.78 is 5.74. The number of likely N-dealkylation sites (tertiary alicyclic amines) is 1. The Bertz CT molecular complexity index is 365. The van der Waals surface area contributed by atoms with E-state index in [1.54, 1.807) is 6.07 Å². The van der Waals surface area contributed by atoms with Crippen molar-refractivity contribution >= 4 is 15.9 Å². The Balaban J connectivity index is 1.76. The van der Waals surface area contributed by atoms with Gasteiger partial charge in [0.2, 0.25) is 0 Å². The molecule has 1 saturated heterocycles. The maximum Gasteiger partial charge on any atom is 0.115 e. The number of alkyl halides is 1. The van der Waals surface area contributed by atoms with Gasteiger partial charge in [-0.2, -0.15) is 0 Å². The van der Waals surface area contributed by atoms with Crippen LogP contribution in [0.2, 0.25) is 0 Å². The van der Waals surface area contributed by atoms with Crippen LogP contribution >= 0.6 is 15.9 Å². The van der Waals surface area contributed by atoms with Crippen LogP contribution < -0.4 is 0 Å². The topological polar surface area (TPSA) is 32.7 Å². The normalized spacial score (nSPS) is 18.1. The third-order valence-corrected chi connectivity index (χ3v) is 3.61. The number of rotatable bonds is 5. The van der Waals surface area contributed by atoms with Gasteiger partial charge in [0, 0.05) is 25.0 Å². The van der Waals surface area contributed by atoms with E-state index in [1.165, 1.54) is 5.56 Å². The van der Waals surface area contributed by atoms with Crippen LogP contribution in [0.25, 0.3) is 0 Å². The molecule has 2 rings (SSSR count). The van der Waals surface area contributed by atoms with E-state index in [2.05, 4.69) is 26.9 Å². The van der Waals surface area contributed by atoms with E-state index < -0.39 is 0 Å². The molecule has 0 unspecified atom stereocenters. The summed E-state index contributed by atoms with van der Waals surface area (Å²) in [6.45, 7) is 3.86. The van der Waals surface area contributed by atoms with Crippen molar-refractivity contribution in [3.05, 3.63) is 29.8 Å². The molecule has 1 N–H and O–H groups in total. The largest absolute Gasteiger partial charge is 0.508 e. The van der Waals surface area contributed by atoms with Crippen LogP contribution in [0.3, 0.4) is 0 Å². The standard InChI is InChI=1S/C14H20BrNO2/c15-6-9-18-14-4-7-16(8-5-14)11-12-2-1-3-13(17)10-12/h1-3,10,14,17H,4-9,11H2. The lowest BCUT2D eigenvalue weighted by Crippen LogP contribution is -2.36. The summed E-state index contributed by atoms with van der Waals surface area (Å²) in [4.78, 5) is 2.42. The molecule has 0 saturated carbocycles. The highest BCUT2D eigenvalue weighted by Crippen LogP contribution is 2.18. The molecule has 0 bridgehead atoms. The second-order valence-corrected chi connectivity index (χ2v) is 5.50. The van der Waals surface area contributed by atoms with Gasteiger partial charge in [-0.05, 0) is 30.5 Å². The number of hydrogen-bond donors (Lipinski definition) is 1. The minimum Gasteiger partial charge on any atom is -0.508 e. The highest BCUT2D eigenvalue weighted by atomic mass is 79.9. The number of aromatic hydroxyl groups is 1. The molecular weight excluding hydrogens is 294 g/mol. The van der Waals surface area contributed by atoms with Crippen LogP contribution in [0.15, 0.2) is 24.3 Å². The van der Waals surface area contributed by atoms with Gasteiger partial charge >= 0.3 is 0 Å². The summed E-state index contributed by atoms with van der Waals surface area (Å²) in [5.41, 5.74) is 1.18. The minimum absolute atomic E-state index is 0.350. The Labute approximate surface area is 117 Å². The number of phenolic OH excluding ortho intramolecular Hbond substituents is 1. The molecule has 1 fully saturated rings. The lowest BCUT2D eigenvalue weighted by atomic mass is 10.1.